The number of aromatic nitrogens is 2. The highest BCUT2D eigenvalue weighted by Gasteiger charge is 2.13. The molecule has 1 N–H and O–H groups in total. The normalized spacial score (nSPS) is 10.5. The number of para-hydroxylation sites is 2. The summed E-state index contributed by atoms with van der Waals surface area (Å²) in [5.74, 6) is -1.06. The van der Waals surface area contributed by atoms with Crippen LogP contribution >= 0.6 is 15.9 Å². The Morgan fingerprint density at radius 1 is 1.14 bits per heavy atom. The SMILES string of the molecule is O=C(Nc1ccccc1-n1cc(Br)cn1)c1ccccc1F. The summed E-state index contributed by atoms with van der Waals surface area (Å²) >= 11 is 3.33. The van der Waals surface area contributed by atoms with Gasteiger partial charge in [0, 0.05) is 6.20 Å². The third-order valence-electron chi connectivity index (χ3n) is 3.07. The number of nitrogens with zero attached hydrogens (tertiary/aromatic N) is 2. The molecule has 0 aliphatic heterocycles. The van der Waals surface area contributed by atoms with Crippen molar-refractivity contribution in [1.82, 2.24) is 9.78 Å². The minimum absolute atomic E-state index is 0.000973. The Kier molecular flexibility index (Phi) is 4.02. The minimum atomic E-state index is -0.556. The first-order valence-electron chi connectivity index (χ1n) is 6.50. The molecule has 1 amide bonds. The molecule has 0 bridgehead atoms. The molecule has 0 atom stereocenters. The number of rotatable bonds is 3. The Morgan fingerprint density at radius 2 is 1.86 bits per heavy atom. The van der Waals surface area contributed by atoms with Gasteiger partial charge in [-0.3, -0.25) is 4.79 Å². The van der Waals surface area contributed by atoms with Crippen LogP contribution in [0, 0.1) is 5.82 Å². The van der Waals surface area contributed by atoms with Gasteiger partial charge in [-0.05, 0) is 40.2 Å². The number of carbonyl (C=O) groups excluding carboxylic acids is 1. The van der Waals surface area contributed by atoms with Crippen LogP contribution < -0.4 is 5.32 Å². The van der Waals surface area contributed by atoms with E-state index in [2.05, 4.69) is 26.3 Å². The average molecular weight is 360 g/mol. The molecule has 1 heterocycles. The Bertz CT molecular complexity index is 832. The Labute approximate surface area is 134 Å². The van der Waals surface area contributed by atoms with E-state index < -0.39 is 11.7 Å². The van der Waals surface area contributed by atoms with Crippen LogP contribution in [0.1, 0.15) is 10.4 Å². The molecule has 0 spiro atoms. The summed E-state index contributed by atoms with van der Waals surface area (Å²) in [6, 6.07) is 13.0. The Morgan fingerprint density at radius 3 is 2.59 bits per heavy atom. The summed E-state index contributed by atoms with van der Waals surface area (Å²) in [6.07, 6.45) is 3.42. The van der Waals surface area contributed by atoms with Gasteiger partial charge in [0.1, 0.15) is 5.82 Å². The van der Waals surface area contributed by atoms with E-state index in [1.807, 2.05) is 12.1 Å². The van der Waals surface area contributed by atoms with Crippen molar-refractivity contribution in [2.45, 2.75) is 0 Å². The lowest BCUT2D eigenvalue weighted by Crippen LogP contribution is -2.15. The van der Waals surface area contributed by atoms with Gasteiger partial charge in [-0.1, -0.05) is 24.3 Å². The van der Waals surface area contributed by atoms with Gasteiger partial charge in [0.05, 0.1) is 27.6 Å². The van der Waals surface area contributed by atoms with Gasteiger partial charge >= 0.3 is 0 Å². The van der Waals surface area contributed by atoms with Gasteiger partial charge < -0.3 is 5.32 Å². The first-order chi connectivity index (χ1) is 10.6. The highest BCUT2D eigenvalue weighted by Crippen LogP contribution is 2.22. The predicted molar refractivity (Wildman–Crippen MR) is 85.6 cm³/mol. The molecule has 110 valence electrons. The van der Waals surface area contributed by atoms with Crippen LogP contribution in [0.2, 0.25) is 0 Å². The molecule has 0 saturated heterocycles. The van der Waals surface area contributed by atoms with Gasteiger partial charge in [0.2, 0.25) is 0 Å². The van der Waals surface area contributed by atoms with Gasteiger partial charge in [-0.25, -0.2) is 9.07 Å². The maximum absolute atomic E-state index is 13.7. The van der Waals surface area contributed by atoms with Gasteiger partial charge in [-0.2, -0.15) is 5.10 Å². The van der Waals surface area contributed by atoms with Crippen molar-refractivity contribution in [3.8, 4) is 5.69 Å². The fourth-order valence-corrected chi connectivity index (χ4v) is 2.33. The van der Waals surface area contributed by atoms with E-state index in [-0.39, 0.29) is 5.56 Å². The van der Waals surface area contributed by atoms with Crippen LogP contribution in [0.5, 0.6) is 0 Å². The summed E-state index contributed by atoms with van der Waals surface area (Å²) in [7, 11) is 0. The van der Waals surface area contributed by atoms with Crippen LogP contribution in [-0.2, 0) is 0 Å². The molecule has 0 unspecified atom stereocenters. The molecule has 3 rings (SSSR count). The molecular weight excluding hydrogens is 349 g/mol. The summed E-state index contributed by atoms with van der Waals surface area (Å²) in [6.45, 7) is 0. The minimum Gasteiger partial charge on any atom is -0.320 e. The fraction of sp³-hybridized carbons (Fsp3) is 0. The number of hydrogen-bond acceptors (Lipinski definition) is 2. The third-order valence-corrected chi connectivity index (χ3v) is 3.48. The number of nitrogens with one attached hydrogen (secondary N) is 1. The van der Waals surface area contributed by atoms with Crippen molar-refractivity contribution in [1.29, 1.82) is 0 Å². The second-order valence-electron chi connectivity index (χ2n) is 4.55. The highest BCUT2D eigenvalue weighted by atomic mass is 79.9. The van der Waals surface area contributed by atoms with Crippen LogP contribution in [0.4, 0.5) is 10.1 Å². The van der Waals surface area contributed by atoms with E-state index in [1.165, 1.54) is 12.1 Å². The van der Waals surface area contributed by atoms with E-state index in [4.69, 9.17) is 0 Å². The number of benzene rings is 2. The lowest BCUT2D eigenvalue weighted by atomic mass is 10.2. The molecule has 4 nitrogen and oxygen atoms in total. The smallest absolute Gasteiger partial charge is 0.258 e. The van der Waals surface area contributed by atoms with Crippen LogP contribution in [0.25, 0.3) is 5.69 Å². The Hall–Kier alpha value is -2.47. The Balaban J connectivity index is 1.93. The van der Waals surface area contributed by atoms with Gasteiger partial charge in [0.25, 0.3) is 5.91 Å². The second-order valence-corrected chi connectivity index (χ2v) is 5.47. The van der Waals surface area contributed by atoms with E-state index in [0.29, 0.717) is 11.4 Å². The number of carbonyl (C=O) groups is 1. The summed E-state index contributed by atoms with van der Waals surface area (Å²) < 4.78 is 16.1. The molecule has 0 aliphatic rings. The lowest BCUT2D eigenvalue weighted by Gasteiger charge is -2.11. The van der Waals surface area contributed by atoms with Crippen molar-refractivity contribution < 1.29 is 9.18 Å². The van der Waals surface area contributed by atoms with E-state index in [9.17, 15) is 9.18 Å². The largest absolute Gasteiger partial charge is 0.320 e. The molecule has 0 radical (unpaired) electrons. The van der Waals surface area contributed by atoms with Crippen LogP contribution in [0.15, 0.2) is 65.4 Å². The van der Waals surface area contributed by atoms with Crippen molar-refractivity contribution in [3.63, 3.8) is 0 Å². The number of anilines is 1. The second kappa shape index (κ2) is 6.11. The van der Waals surface area contributed by atoms with Crippen molar-refractivity contribution in [2.75, 3.05) is 5.32 Å². The number of hydrogen-bond donors (Lipinski definition) is 1. The summed E-state index contributed by atoms with van der Waals surface area (Å²) in [5.41, 5.74) is 1.24. The average Bonchev–Trinajstić information content (AvgIpc) is 2.94. The number of amides is 1. The highest BCUT2D eigenvalue weighted by molar-refractivity contribution is 9.10. The molecule has 0 aliphatic carbocycles. The molecule has 0 fully saturated rings. The molecule has 1 aromatic heterocycles. The zero-order chi connectivity index (χ0) is 15.5. The maximum Gasteiger partial charge on any atom is 0.258 e. The lowest BCUT2D eigenvalue weighted by molar-refractivity contribution is 0.102. The molecule has 2 aromatic carbocycles. The standard InChI is InChI=1S/C16H11BrFN3O/c17-11-9-19-21(10-11)15-8-4-3-7-14(15)20-16(22)12-5-1-2-6-13(12)18/h1-10H,(H,20,22). The third kappa shape index (κ3) is 2.92. The van der Waals surface area contributed by atoms with Gasteiger partial charge in [-0.15, -0.1) is 0 Å². The molecule has 0 saturated carbocycles. The molecule has 6 heteroatoms. The summed E-state index contributed by atoms with van der Waals surface area (Å²) in [5, 5.41) is 6.91. The van der Waals surface area contributed by atoms with E-state index in [1.54, 1.807) is 41.3 Å². The molecular formula is C16H11BrFN3O. The van der Waals surface area contributed by atoms with Crippen LogP contribution in [0.3, 0.4) is 0 Å². The van der Waals surface area contributed by atoms with E-state index >= 15 is 0 Å². The maximum atomic E-state index is 13.7. The van der Waals surface area contributed by atoms with Crippen molar-refractivity contribution >= 4 is 27.5 Å². The first kappa shape index (κ1) is 14.5. The van der Waals surface area contributed by atoms with E-state index in [0.717, 1.165) is 4.47 Å². The molecule has 3 aromatic rings. The quantitative estimate of drug-likeness (QED) is 0.767. The number of halogens is 2. The van der Waals surface area contributed by atoms with Crippen molar-refractivity contribution in [3.05, 3.63) is 76.8 Å². The topological polar surface area (TPSA) is 46.9 Å². The first-order valence-corrected chi connectivity index (χ1v) is 7.30. The zero-order valence-corrected chi connectivity index (χ0v) is 12.9. The monoisotopic (exact) mass is 359 g/mol. The predicted octanol–water partition coefficient (Wildman–Crippen LogP) is 4.03. The van der Waals surface area contributed by atoms with Crippen molar-refractivity contribution in [2.24, 2.45) is 0 Å². The zero-order valence-electron chi connectivity index (χ0n) is 11.3. The van der Waals surface area contributed by atoms with Crippen LogP contribution in [-0.4, -0.2) is 15.7 Å². The van der Waals surface area contributed by atoms with Gasteiger partial charge in [0.15, 0.2) is 0 Å². The fourth-order valence-electron chi connectivity index (χ4n) is 2.05. The molecule has 22 heavy (non-hydrogen) atoms. The summed E-state index contributed by atoms with van der Waals surface area (Å²) in [4.78, 5) is 12.2.